The third-order valence-corrected chi connectivity index (χ3v) is 4.17. The van der Waals surface area contributed by atoms with Gasteiger partial charge in [0, 0.05) is 34.9 Å². The molecule has 0 radical (unpaired) electrons. The highest BCUT2D eigenvalue weighted by atomic mass is 35.5. The van der Waals surface area contributed by atoms with Crippen molar-refractivity contribution in [1.29, 1.82) is 0 Å². The second-order valence-electron chi connectivity index (χ2n) is 6.81. The van der Waals surface area contributed by atoms with Crippen LogP contribution < -0.4 is 5.32 Å². The standard InChI is InChI=1S/C17H21ClN4O/c1-17(2,3)22-15-7-8-21(11-12(15)10-19-22)16(23)20-14-6-4-5-13(18)9-14/h4-6,9-10H,7-8,11H2,1-3H3,(H,20,23). The molecular weight excluding hydrogens is 312 g/mol. The van der Waals surface area contributed by atoms with E-state index in [0.717, 1.165) is 12.0 Å². The molecule has 0 aliphatic carbocycles. The summed E-state index contributed by atoms with van der Waals surface area (Å²) in [5, 5.41) is 8.00. The Bertz CT molecular complexity index is 732. The second-order valence-corrected chi connectivity index (χ2v) is 7.25. The molecule has 1 N–H and O–H groups in total. The maximum absolute atomic E-state index is 12.4. The van der Waals surface area contributed by atoms with Crippen molar-refractivity contribution in [2.75, 3.05) is 11.9 Å². The van der Waals surface area contributed by atoms with Crippen molar-refractivity contribution in [2.45, 2.75) is 39.3 Å². The van der Waals surface area contributed by atoms with Gasteiger partial charge in [0.25, 0.3) is 0 Å². The van der Waals surface area contributed by atoms with Crippen LogP contribution in [0.4, 0.5) is 10.5 Å². The molecule has 1 aliphatic rings. The molecule has 0 saturated carbocycles. The molecule has 6 heteroatoms. The molecule has 2 heterocycles. The van der Waals surface area contributed by atoms with Crippen LogP contribution in [0.3, 0.4) is 0 Å². The number of benzene rings is 1. The van der Waals surface area contributed by atoms with Crippen molar-refractivity contribution < 1.29 is 4.79 Å². The fourth-order valence-corrected chi connectivity index (χ4v) is 3.04. The third-order valence-electron chi connectivity index (χ3n) is 3.93. The fourth-order valence-electron chi connectivity index (χ4n) is 2.85. The van der Waals surface area contributed by atoms with Crippen molar-refractivity contribution in [3.63, 3.8) is 0 Å². The molecule has 3 rings (SSSR count). The molecular formula is C17H21ClN4O. The van der Waals surface area contributed by atoms with Crippen LogP contribution in [0.2, 0.25) is 5.02 Å². The molecule has 0 bridgehead atoms. The number of nitrogens with zero attached hydrogens (tertiary/aromatic N) is 3. The Morgan fingerprint density at radius 1 is 1.35 bits per heavy atom. The number of aromatic nitrogens is 2. The van der Waals surface area contributed by atoms with Gasteiger partial charge in [-0.05, 0) is 39.0 Å². The zero-order valence-electron chi connectivity index (χ0n) is 13.6. The number of urea groups is 1. The first-order valence-electron chi connectivity index (χ1n) is 7.72. The molecule has 1 aromatic heterocycles. The van der Waals surface area contributed by atoms with Gasteiger partial charge in [0.2, 0.25) is 0 Å². The van der Waals surface area contributed by atoms with Crippen LogP contribution in [0.5, 0.6) is 0 Å². The summed E-state index contributed by atoms with van der Waals surface area (Å²) in [6, 6.07) is 7.06. The molecule has 1 aliphatic heterocycles. The van der Waals surface area contributed by atoms with Crippen LogP contribution in [0.15, 0.2) is 30.5 Å². The van der Waals surface area contributed by atoms with E-state index in [2.05, 4.69) is 35.9 Å². The largest absolute Gasteiger partial charge is 0.322 e. The summed E-state index contributed by atoms with van der Waals surface area (Å²) in [7, 11) is 0. The van der Waals surface area contributed by atoms with E-state index in [1.807, 2.05) is 18.3 Å². The van der Waals surface area contributed by atoms with E-state index >= 15 is 0 Å². The highest BCUT2D eigenvalue weighted by molar-refractivity contribution is 6.30. The minimum Gasteiger partial charge on any atom is -0.320 e. The van der Waals surface area contributed by atoms with E-state index in [9.17, 15) is 4.79 Å². The Morgan fingerprint density at radius 3 is 2.83 bits per heavy atom. The first-order chi connectivity index (χ1) is 10.8. The zero-order valence-corrected chi connectivity index (χ0v) is 14.4. The normalized spacial score (nSPS) is 14.5. The monoisotopic (exact) mass is 332 g/mol. The van der Waals surface area contributed by atoms with Crippen molar-refractivity contribution >= 4 is 23.3 Å². The van der Waals surface area contributed by atoms with E-state index in [-0.39, 0.29) is 11.6 Å². The second kappa shape index (κ2) is 5.89. The Kier molecular flexibility index (Phi) is 4.06. The van der Waals surface area contributed by atoms with Crippen LogP contribution in [-0.2, 0) is 18.5 Å². The smallest absolute Gasteiger partial charge is 0.320 e. The van der Waals surface area contributed by atoms with Crippen LogP contribution in [0.1, 0.15) is 32.0 Å². The molecule has 1 aromatic carbocycles. The summed E-state index contributed by atoms with van der Waals surface area (Å²) in [6.45, 7) is 7.68. The summed E-state index contributed by atoms with van der Waals surface area (Å²) < 4.78 is 2.06. The number of amides is 2. The SMILES string of the molecule is CC(C)(C)n1ncc2c1CCN(C(=O)Nc1cccc(Cl)c1)C2. The molecule has 0 spiro atoms. The molecule has 0 fully saturated rings. The predicted octanol–water partition coefficient (Wildman–Crippen LogP) is 3.88. The maximum atomic E-state index is 12.4. The van der Waals surface area contributed by atoms with Gasteiger partial charge in [-0.2, -0.15) is 5.10 Å². The van der Waals surface area contributed by atoms with E-state index in [0.29, 0.717) is 23.8 Å². The van der Waals surface area contributed by atoms with Crippen molar-refractivity contribution in [3.05, 3.63) is 46.7 Å². The van der Waals surface area contributed by atoms with Gasteiger partial charge in [0.05, 0.1) is 18.3 Å². The van der Waals surface area contributed by atoms with Crippen LogP contribution >= 0.6 is 11.6 Å². The van der Waals surface area contributed by atoms with Crippen LogP contribution in [0, 0.1) is 0 Å². The number of nitrogens with one attached hydrogen (secondary N) is 1. The van der Waals surface area contributed by atoms with Gasteiger partial charge in [-0.15, -0.1) is 0 Å². The van der Waals surface area contributed by atoms with Crippen molar-refractivity contribution in [2.24, 2.45) is 0 Å². The van der Waals surface area contributed by atoms with Gasteiger partial charge in [-0.25, -0.2) is 4.79 Å². The van der Waals surface area contributed by atoms with Gasteiger partial charge in [-0.1, -0.05) is 17.7 Å². The lowest BCUT2D eigenvalue weighted by atomic mass is 10.0. The zero-order chi connectivity index (χ0) is 16.6. The van der Waals surface area contributed by atoms with E-state index in [1.165, 1.54) is 5.69 Å². The summed E-state index contributed by atoms with van der Waals surface area (Å²) in [4.78, 5) is 14.2. The topological polar surface area (TPSA) is 50.2 Å². The summed E-state index contributed by atoms with van der Waals surface area (Å²) in [5.74, 6) is 0. The molecule has 0 unspecified atom stereocenters. The third kappa shape index (κ3) is 3.34. The number of hydrogen-bond acceptors (Lipinski definition) is 2. The first-order valence-corrected chi connectivity index (χ1v) is 8.10. The lowest BCUT2D eigenvalue weighted by molar-refractivity contribution is 0.204. The minimum atomic E-state index is -0.110. The molecule has 0 saturated heterocycles. The average molecular weight is 333 g/mol. The van der Waals surface area contributed by atoms with Crippen LogP contribution in [0.25, 0.3) is 0 Å². The average Bonchev–Trinajstić information content (AvgIpc) is 2.90. The molecule has 2 aromatic rings. The summed E-state index contributed by atoms with van der Waals surface area (Å²) in [5.41, 5.74) is 3.01. The van der Waals surface area contributed by atoms with E-state index in [1.54, 1.807) is 17.0 Å². The number of halogens is 1. The van der Waals surface area contributed by atoms with Crippen molar-refractivity contribution in [3.8, 4) is 0 Å². The summed E-state index contributed by atoms with van der Waals surface area (Å²) in [6.07, 6.45) is 2.69. The number of hydrogen-bond donors (Lipinski definition) is 1. The Balaban J connectivity index is 1.72. The van der Waals surface area contributed by atoms with Gasteiger partial charge < -0.3 is 10.2 Å². The number of carbonyl (C=O) groups is 1. The maximum Gasteiger partial charge on any atom is 0.322 e. The molecule has 122 valence electrons. The van der Waals surface area contributed by atoms with Gasteiger partial charge in [-0.3, -0.25) is 4.68 Å². The quantitative estimate of drug-likeness (QED) is 0.861. The Hall–Kier alpha value is -2.01. The van der Waals surface area contributed by atoms with Gasteiger partial charge in [0.1, 0.15) is 0 Å². The minimum absolute atomic E-state index is 0.0429. The predicted molar refractivity (Wildman–Crippen MR) is 91.8 cm³/mol. The molecule has 5 nitrogen and oxygen atoms in total. The number of carbonyl (C=O) groups excluding carboxylic acids is 1. The van der Waals surface area contributed by atoms with Gasteiger partial charge in [0.15, 0.2) is 0 Å². The van der Waals surface area contributed by atoms with E-state index < -0.39 is 0 Å². The van der Waals surface area contributed by atoms with Gasteiger partial charge >= 0.3 is 6.03 Å². The fraction of sp³-hybridized carbons (Fsp3) is 0.412. The van der Waals surface area contributed by atoms with E-state index in [4.69, 9.17) is 11.6 Å². The van der Waals surface area contributed by atoms with Crippen LogP contribution in [-0.4, -0.2) is 27.3 Å². The van der Waals surface area contributed by atoms with Crippen molar-refractivity contribution in [1.82, 2.24) is 14.7 Å². The Labute approximate surface area is 141 Å². The highest BCUT2D eigenvalue weighted by Crippen LogP contribution is 2.25. The Morgan fingerprint density at radius 2 is 2.13 bits per heavy atom. The lowest BCUT2D eigenvalue weighted by Crippen LogP contribution is -2.40. The molecule has 0 atom stereocenters. The number of fused-ring (bicyclic) bond motifs is 1. The first kappa shape index (κ1) is 15.9. The molecule has 23 heavy (non-hydrogen) atoms. The number of rotatable bonds is 1. The highest BCUT2D eigenvalue weighted by Gasteiger charge is 2.27. The molecule has 2 amide bonds. The lowest BCUT2D eigenvalue weighted by Gasteiger charge is -2.30. The number of anilines is 1. The summed E-state index contributed by atoms with van der Waals surface area (Å²) >= 11 is 5.95.